The lowest BCUT2D eigenvalue weighted by Gasteiger charge is -2.18. The van der Waals surface area contributed by atoms with Crippen LogP contribution in [0.4, 0.5) is 5.00 Å². The largest absolute Gasteiger partial charge is 0.298 e. The molecule has 1 aromatic carbocycles. The zero-order valence-corrected chi connectivity index (χ0v) is 14.3. The molecule has 3 nitrogen and oxygen atoms in total. The molecule has 1 aliphatic heterocycles. The highest BCUT2D eigenvalue weighted by molar-refractivity contribution is 7.16. The summed E-state index contributed by atoms with van der Waals surface area (Å²) in [7, 11) is 0. The number of aliphatic imine (C=N–C) groups is 1. The summed E-state index contributed by atoms with van der Waals surface area (Å²) >= 11 is 1.68. The first-order valence-corrected chi connectivity index (χ1v) is 8.62. The molecule has 0 atom stereocenters. The maximum Gasteiger partial charge on any atom is 0.249 e. The predicted molar refractivity (Wildman–Crippen MR) is 97.9 cm³/mol. The number of aryl methyl sites for hydroxylation is 2. The Bertz CT molecular complexity index is 788. The molecule has 2 aromatic rings. The molecule has 4 heteroatoms. The summed E-state index contributed by atoms with van der Waals surface area (Å²) in [4.78, 5) is 20.2. The van der Waals surface area contributed by atoms with E-state index >= 15 is 0 Å². The Balaban J connectivity index is 2.20. The standard InChI is InChI=1S/C19H20N2OS/c1-4-10-21-17(22)12-20-18(15-9-7-6-8-13(15)3)16-11-14(5-2)23-19(16)21/h4,6-9,11H,1,5,10,12H2,2-3H3. The molecular weight excluding hydrogens is 304 g/mol. The first-order valence-electron chi connectivity index (χ1n) is 7.80. The normalized spacial score (nSPS) is 14.3. The minimum Gasteiger partial charge on any atom is -0.298 e. The van der Waals surface area contributed by atoms with Crippen molar-refractivity contribution in [1.29, 1.82) is 0 Å². The summed E-state index contributed by atoms with van der Waals surface area (Å²) in [5, 5.41) is 0.992. The van der Waals surface area contributed by atoms with Crippen LogP contribution < -0.4 is 4.90 Å². The van der Waals surface area contributed by atoms with E-state index in [0.29, 0.717) is 6.54 Å². The van der Waals surface area contributed by atoms with Gasteiger partial charge in [0, 0.05) is 22.5 Å². The highest BCUT2D eigenvalue weighted by Crippen LogP contribution is 2.36. The summed E-state index contributed by atoms with van der Waals surface area (Å²) < 4.78 is 0. The van der Waals surface area contributed by atoms with Gasteiger partial charge in [0.15, 0.2) is 0 Å². The van der Waals surface area contributed by atoms with Crippen molar-refractivity contribution >= 4 is 28.0 Å². The zero-order chi connectivity index (χ0) is 16.4. The topological polar surface area (TPSA) is 32.7 Å². The average molecular weight is 324 g/mol. The first-order chi connectivity index (χ1) is 11.2. The smallest absolute Gasteiger partial charge is 0.249 e. The zero-order valence-electron chi connectivity index (χ0n) is 13.5. The molecule has 0 fully saturated rings. The molecule has 0 N–H and O–H groups in total. The minimum atomic E-state index is 0.0271. The Morgan fingerprint density at radius 3 is 2.83 bits per heavy atom. The van der Waals surface area contributed by atoms with E-state index in [1.54, 1.807) is 22.3 Å². The molecule has 118 valence electrons. The van der Waals surface area contributed by atoms with Crippen LogP contribution in [-0.4, -0.2) is 24.7 Å². The number of benzene rings is 1. The van der Waals surface area contributed by atoms with Crippen LogP contribution in [-0.2, 0) is 11.2 Å². The van der Waals surface area contributed by atoms with E-state index in [-0.39, 0.29) is 12.5 Å². The quantitative estimate of drug-likeness (QED) is 0.783. The van der Waals surface area contributed by atoms with Gasteiger partial charge in [0.05, 0.1) is 5.71 Å². The number of carbonyl (C=O) groups excluding carboxylic acids is 1. The van der Waals surface area contributed by atoms with Crippen LogP contribution in [0.5, 0.6) is 0 Å². The van der Waals surface area contributed by atoms with Gasteiger partial charge in [0.1, 0.15) is 11.5 Å². The summed E-state index contributed by atoms with van der Waals surface area (Å²) in [5.74, 6) is 0.0271. The molecule has 1 aliphatic rings. The van der Waals surface area contributed by atoms with E-state index < -0.39 is 0 Å². The summed E-state index contributed by atoms with van der Waals surface area (Å²) in [6.07, 6.45) is 2.72. The number of anilines is 1. The Kier molecular flexibility index (Phi) is 4.44. The third-order valence-corrected chi connectivity index (χ3v) is 5.30. The number of nitrogens with zero attached hydrogens (tertiary/aromatic N) is 2. The highest BCUT2D eigenvalue weighted by Gasteiger charge is 2.27. The number of carbonyl (C=O) groups is 1. The third kappa shape index (κ3) is 2.86. The predicted octanol–water partition coefficient (Wildman–Crippen LogP) is 3.99. The molecule has 0 unspecified atom stereocenters. The Morgan fingerprint density at radius 2 is 2.13 bits per heavy atom. The Hall–Kier alpha value is -2.20. The van der Waals surface area contributed by atoms with E-state index in [1.165, 1.54) is 10.4 Å². The molecular formula is C19H20N2OS. The molecule has 2 heterocycles. The third-order valence-electron chi connectivity index (χ3n) is 4.00. The number of rotatable bonds is 4. The van der Waals surface area contributed by atoms with Crippen LogP contribution in [0.25, 0.3) is 0 Å². The number of fused-ring (bicyclic) bond motifs is 1. The average Bonchev–Trinajstić information content (AvgIpc) is 2.93. The molecule has 0 aliphatic carbocycles. The van der Waals surface area contributed by atoms with Gasteiger partial charge < -0.3 is 0 Å². The molecule has 1 amide bonds. The summed E-state index contributed by atoms with van der Waals surface area (Å²) in [5.41, 5.74) is 4.26. The van der Waals surface area contributed by atoms with Gasteiger partial charge in [-0.2, -0.15) is 0 Å². The molecule has 0 saturated carbocycles. The van der Waals surface area contributed by atoms with Gasteiger partial charge in [-0.15, -0.1) is 17.9 Å². The molecule has 0 spiro atoms. The van der Waals surface area contributed by atoms with Crippen molar-refractivity contribution in [3.63, 3.8) is 0 Å². The van der Waals surface area contributed by atoms with Crippen molar-refractivity contribution in [1.82, 2.24) is 0 Å². The maximum atomic E-state index is 12.5. The van der Waals surface area contributed by atoms with Gasteiger partial charge in [0.2, 0.25) is 5.91 Å². The van der Waals surface area contributed by atoms with Crippen LogP contribution >= 0.6 is 11.3 Å². The van der Waals surface area contributed by atoms with Crippen molar-refractivity contribution in [2.45, 2.75) is 20.3 Å². The molecule has 3 rings (SSSR count). The van der Waals surface area contributed by atoms with Gasteiger partial charge in [0.25, 0.3) is 0 Å². The monoisotopic (exact) mass is 324 g/mol. The van der Waals surface area contributed by atoms with Gasteiger partial charge in [-0.1, -0.05) is 37.3 Å². The lowest BCUT2D eigenvalue weighted by Crippen LogP contribution is -2.31. The number of amides is 1. The molecule has 0 bridgehead atoms. The van der Waals surface area contributed by atoms with Crippen molar-refractivity contribution < 1.29 is 4.79 Å². The fraction of sp³-hybridized carbons (Fsp3) is 0.263. The van der Waals surface area contributed by atoms with Crippen molar-refractivity contribution in [3.05, 3.63) is 64.6 Å². The molecule has 0 radical (unpaired) electrons. The van der Waals surface area contributed by atoms with Gasteiger partial charge >= 0.3 is 0 Å². The summed E-state index contributed by atoms with van der Waals surface area (Å²) in [6.45, 7) is 8.70. The van der Waals surface area contributed by atoms with Crippen molar-refractivity contribution in [2.75, 3.05) is 18.0 Å². The fourth-order valence-electron chi connectivity index (χ4n) is 2.79. The lowest BCUT2D eigenvalue weighted by molar-refractivity contribution is -0.117. The van der Waals surface area contributed by atoms with E-state index in [4.69, 9.17) is 0 Å². The van der Waals surface area contributed by atoms with Crippen LogP contribution in [0.2, 0.25) is 0 Å². The van der Waals surface area contributed by atoms with Crippen LogP contribution in [0, 0.1) is 6.92 Å². The molecule has 0 saturated heterocycles. The second-order valence-electron chi connectivity index (χ2n) is 5.56. The highest BCUT2D eigenvalue weighted by atomic mass is 32.1. The summed E-state index contributed by atoms with van der Waals surface area (Å²) in [6, 6.07) is 10.4. The second-order valence-corrected chi connectivity index (χ2v) is 6.67. The van der Waals surface area contributed by atoms with E-state index in [0.717, 1.165) is 28.3 Å². The van der Waals surface area contributed by atoms with Crippen LogP contribution in [0.1, 0.15) is 28.5 Å². The van der Waals surface area contributed by atoms with Crippen LogP contribution in [0.15, 0.2) is 48.0 Å². The van der Waals surface area contributed by atoms with Crippen LogP contribution in [0.3, 0.4) is 0 Å². The Morgan fingerprint density at radius 1 is 1.35 bits per heavy atom. The van der Waals surface area contributed by atoms with E-state index in [2.05, 4.69) is 43.6 Å². The van der Waals surface area contributed by atoms with Gasteiger partial charge in [-0.3, -0.25) is 14.7 Å². The number of thiophene rings is 1. The second kappa shape index (κ2) is 6.50. The van der Waals surface area contributed by atoms with Crippen molar-refractivity contribution in [2.24, 2.45) is 4.99 Å². The fourth-order valence-corrected chi connectivity index (χ4v) is 3.91. The SMILES string of the molecule is C=CCN1C(=O)CN=C(c2ccccc2C)c2cc(CC)sc21. The molecule has 23 heavy (non-hydrogen) atoms. The number of hydrogen-bond donors (Lipinski definition) is 0. The van der Waals surface area contributed by atoms with E-state index in [1.807, 2.05) is 12.1 Å². The maximum absolute atomic E-state index is 12.5. The van der Waals surface area contributed by atoms with Crippen molar-refractivity contribution in [3.8, 4) is 0 Å². The lowest BCUT2D eigenvalue weighted by atomic mass is 9.99. The minimum absolute atomic E-state index is 0.0271. The van der Waals surface area contributed by atoms with Gasteiger partial charge in [-0.25, -0.2) is 0 Å². The number of hydrogen-bond acceptors (Lipinski definition) is 3. The Labute approximate surface area is 141 Å². The van der Waals surface area contributed by atoms with E-state index in [9.17, 15) is 4.79 Å². The first kappa shape index (κ1) is 15.7. The molecule has 1 aromatic heterocycles. The van der Waals surface area contributed by atoms with Gasteiger partial charge in [-0.05, 0) is 25.0 Å².